The Bertz CT molecular complexity index is 2080. The molecule has 378 valence electrons. The van der Waals surface area contributed by atoms with Crippen LogP contribution in [0.3, 0.4) is 0 Å². The van der Waals surface area contributed by atoms with Crippen molar-refractivity contribution in [3.8, 4) is 0 Å². The molecule has 6 rings (SSSR count). The number of benzene rings is 1. The third-order valence-corrected chi connectivity index (χ3v) is 15.6. The van der Waals surface area contributed by atoms with Gasteiger partial charge in [0.15, 0.2) is 0 Å². The molecule has 0 radical (unpaired) electrons. The Hall–Kier alpha value is -4.19. The summed E-state index contributed by atoms with van der Waals surface area (Å²) in [5, 5.41) is 9.06. The van der Waals surface area contributed by atoms with E-state index in [1.807, 2.05) is 20.8 Å². The van der Waals surface area contributed by atoms with Gasteiger partial charge in [-0.15, -0.1) is 0 Å². The maximum absolute atomic E-state index is 15.1. The second-order valence-corrected chi connectivity index (χ2v) is 21.4. The van der Waals surface area contributed by atoms with E-state index in [1.54, 1.807) is 25.2 Å². The zero-order valence-electron chi connectivity index (χ0n) is 39.9. The maximum atomic E-state index is 15.1. The number of likely N-dealkylation sites (tertiary alicyclic amines) is 1. The van der Waals surface area contributed by atoms with Crippen LogP contribution in [0.4, 0.5) is 17.6 Å². The number of alkyl halides is 4. The van der Waals surface area contributed by atoms with Crippen molar-refractivity contribution in [1.82, 2.24) is 35.6 Å². The number of nitrogens with one attached hydrogen (secondary N) is 3. The first-order valence-corrected chi connectivity index (χ1v) is 24.8. The molecule has 2 aliphatic heterocycles. The Morgan fingerprint density at radius 3 is 2.19 bits per heavy atom. The Labute approximate surface area is 406 Å². The molecule has 2 heterocycles. The number of nitrogens with zero attached hydrogens (tertiary/aromatic N) is 4. The number of halogens is 6. The molecule has 1 aromatic rings. The van der Waals surface area contributed by atoms with E-state index < -0.39 is 127 Å². The van der Waals surface area contributed by atoms with E-state index in [0.29, 0.717) is 71.9 Å². The molecular weight excluding hydrogens is 933 g/mol. The van der Waals surface area contributed by atoms with Crippen LogP contribution in [0.2, 0.25) is 10.0 Å². The van der Waals surface area contributed by atoms with Crippen molar-refractivity contribution in [3.63, 3.8) is 0 Å². The summed E-state index contributed by atoms with van der Waals surface area (Å²) in [6, 6.07) is -2.65. The molecule has 5 aliphatic rings. The number of hydrogen-bond donors (Lipinski definition) is 3. The fourth-order valence-electron chi connectivity index (χ4n) is 10.7. The molecule has 14 nitrogen and oxygen atoms in total. The highest BCUT2D eigenvalue weighted by molar-refractivity contribution is 6.33. The van der Waals surface area contributed by atoms with Crippen LogP contribution in [0.5, 0.6) is 0 Å². The van der Waals surface area contributed by atoms with E-state index in [9.17, 15) is 46.7 Å². The number of likely N-dealkylation sites (N-methyl/N-ethyl adjacent to an activating group) is 3. The van der Waals surface area contributed by atoms with Crippen molar-refractivity contribution in [2.75, 3.05) is 34.2 Å². The lowest BCUT2D eigenvalue weighted by Gasteiger charge is -2.60. The van der Waals surface area contributed by atoms with Crippen molar-refractivity contribution in [2.24, 2.45) is 22.7 Å². The Kier molecular flexibility index (Phi) is 16.8. The SMILES string of the molecule is CCC[C@H]1NC(=O)[C@H](Cc2cc(Cl)ccc2Cl)N(C)C(=O)[C@H](CC(C)C)NC(=O)[C@@H](N(C)C(=O)[C@@H](NC(=O)[C@@H]2C[C@@H](F)CN2C(=O)C2(C(F)(F)F)CC3(CCC3)C2)C2CC2)CCCCN(C)C1=O. The summed E-state index contributed by atoms with van der Waals surface area (Å²) in [5.41, 5.74) is -2.82. The molecule has 5 fully saturated rings. The summed E-state index contributed by atoms with van der Waals surface area (Å²) in [6.45, 7) is 5.14. The minimum absolute atomic E-state index is 0.0698. The van der Waals surface area contributed by atoms with E-state index in [-0.39, 0.29) is 37.6 Å². The lowest BCUT2D eigenvalue weighted by Crippen LogP contribution is -2.66. The van der Waals surface area contributed by atoms with Crippen LogP contribution in [0, 0.1) is 22.7 Å². The minimum atomic E-state index is -4.90. The van der Waals surface area contributed by atoms with Gasteiger partial charge in [0, 0.05) is 50.6 Å². The third kappa shape index (κ3) is 11.5. The summed E-state index contributed by atoms with van der Waals surface area (Å²) in [6.07, 6.45) is -3.37. The molecule has 1 aromatic carbocycles. The molecule has 1 spiro atoms. The Morgan fingerprint density at radius 1 is 0.941 bits per heavy atom. The molecule has 3 N–H and O–H groups in total. The lowest BCUT2D eigenvalue weighted by molar-refractivity contribution is -0.285. The van der Waals surface area contributed by atoms with Crippen molar-refractivity contribution in [2.45, 2.75) is 166 Å². The van der Waals surface area contributed by atoms with E-state index in [2.05, 4.69) is 16.0 Å². The summed E-state index contributed by atoms with van der Waals surface area (Å²) >= 11 is 12.9. The molecule has 2 saturated heterocycles. The average molecular weight is 1000 g/mol. The van der Waals surface area contributed by atoms with Gasteiger partial charge in [0.2, 0.25) is 41.4 Å². The summed E-state index contributed by atoms with van der Waals surface area (Å²) in [5.74, 6) is -5.79. The molecule has 20 heteroatoms. The van der Waals surface area contributed by atoms with Gasteiger partial charge in [0.25, 0.3) is 0 Å². The van der Waals surface area contributed by atoms with Crippen LogP contribution >= 0.6 is 23.2 Å². The molecule has 7 atom stereocenters. The van der Waals surface area contributed by atoms with Crippen LogP contribution in [-0.4, -0.2) is 144 Å². The molecule has 68 heavy (non-hydrogen) atoms. The van der Waals surface area contributed by atoms with Crippen molar-refractivity contribution in [3.05, 3.63) is 33.8 Å². The van der Waals surface area contributed by atoms with E-state index in [0.717, 1.165) is 6.42 Å². The van der Waals surface area contributed by atoms with Gasteiger partial charge >= 0.3 is 6.18 Å². The smallest absolute Gasteiger partial charge is 0.344 e. The quantitative estimate of drug-likeness (QED) is 0.216. The van der Waals surface area contributed by atoms with Gasteiger partial charge in [-0.2, -0.15) is 13.2 Å². The van der Waals surface area contributed by atoms with E-state index in [4.69, 9.17) is 23.2 Å². The first-order chi connectivity index (χ1) is 31.9. The zero-order valence-corrected chi connectivity index (χ0v) is 41.4. The highest BCUT2D eigenvalue weighted by Gasteiger charge is 2.73. The van der Waals surface area contributed by atoms with E-state index >= 15 is 4.39 Å². The Morgan fingerprint density at radius 2 is 1.60 bits per heavy atom. The molecule has 3 aliphatic carbocycles. The molecule has 7 amide bonds. The minimum Gasteiger partial charge on any atom is -0.344 e. The summed E-state index contributed by atoms with van der Waals surface area (Å²) in [7, 11) is 4.42. The third-order valence-electron chi connectivity index (χ3n) is 15.0. The van der Waals surface area contributed by atoms with Gasteiger partial charge < -0.3 is 35.6 Å². The molecule has 0 aromatic heterocycles. The van der Waals surface area contributed by atoms with E-state index in [1.165, 1.54) is 28.8 Å². The predicted octanol–water partition coefficient (Wildman–Crippen LogP) is 5.99. The van der Waals surface area contributed by atoms with Crippen LogP contribution in [-0.2, 0) is 40.0 Å². The summed E-state index contributed by atoms with van der Waals surface area (Å²) < 4.78 is 59.2. The van der Waals surface area contributed by atoms with Crippen LogP contribution in [0.15, 0.2) is 18.2 Å². The van der Waals surface area contributed by atoms with Gasteiger partial charge in [0.1, 0.15) is 47.8 Å². The fourth-order valence-corrected chi connectivity index (χ4v) is 11.1. The molecular formula is C48H67Cl2F4N7O7. The highest BCUT2D eigenvalue weighted by atomic mass is 35.5. The molecule has 3 saturated carbocycles. The first-order valence-electron chi connectivity index (χ1n) is 24.1. The second-order valence-electron chi connectivity index (χ2n) is 20.6. The molecule has 0 bridgehead atoms. The van der Waals surface area contributed by atoms with Crippen molar-refractivity contribution < 1.29 is 51.1 Å². The first kappa shape index (κ1) is 53.2. The topological polar surface area (TPSA) is 169 Å². The second kappa shape index (κ2) is 21.4. The number of carbonyl (C=O) groups is 7. The standard InChI is InChI=1S/C48H67Cl2F4N7O7/c1-7-11-33-42(65)58(4)19-9-8-12-35(39(62)56-34(20-27(2)3)43(66)60(6)36(40(63)55-33)22-29-21-30(49)15-16-32(29)50)59(5)44(67)38(28-13-14-28)57-41(64)37-23-31(51)24-61(37)45(68)47(48(52,53)54)25-46(26-47)17-10-18-46/h15-16,21,27-28,31,33-38H,7-14,17-20,22-26H2,1-6H3,(H,55,63)(H,56,62)(H,57,64)/t31-,33-,34+,35+,36+,37+,38+/m1/s1. The monoisotopic (exact) mass is 999 g/mol. The largest absolute Gasteiger partial charge is 0.403 e. The fraction of sp³-hybridized carbons (Fsp3) is 0.729. The van der Waals surface area contributed by atoms with Crippen molar-refractivity contribution in [1.29, 1.82) is 0 Å². The number of hydrogen-bond acceptors (Lipinski definition) is 7. The average Bonchev–Trinajstić information content (AvgIpc) is 4.01. The van der Waals surface area contributed by atoms with Gasteiger partial charge in [0.05, 0.1) is 6.54 Å². The van der Waals surface area contributed by atoms with Crippen molar-refractivity contribution >= 4 is 64.6 Å². The van der Waals surface area contributed by atoms with Crippen LogP contribution in [0.25, 0.3) is 0 Å². The maximum Gasteiger partial charge on any atom is 0.403 e. The number of carbonyl (C=O) groups excluding carboxylic acids is 7. The van der Waals surface area contributed by atoms with Gasteiger partial charge in [-0.05, 0) is 112 Å². The van der Waals surface area contributed by atoms with Gasteiger partial charge in [-0.25, -0.2) is 4.39 Å². The number of rotatable bonds is 12. The van der Waals surface area contributed by atoms with Crippen LogP contribution < -0.4 is 16.0 Å². The zero-order chi connectivity index (χ0) is 50.0. The normalized spacial score (nSPS) is 27.6. The molecule has 0 unspecified atom stereocenters. The van der Waals surface area contributed by atoms with Crippen LogP contribution in [0.1, 0.15) is 116 Å². The highest BCUT2D eigenvalue weighted by Crippen LogP contribution is 2.69. The summed E-state index contributed by atoms with van der Waals surface area (Å²) in [4.78, 5) is 105. The lowest BCUT2D eigenvalue weighted by atomic mass is 9.44. The predicted molar refractivity (Wildman–Crippen MR) is 247 cm³/mol. The van der Waals surface area contributed by atoms with Gasteiger partial charge in [-0.1, -0.05) is 56.8 Å². The number of amides is 7. The Balaban J connectivity index is 1.26. The van der Waals surface area contributed by atoms with Gasteiger partial charge in [-0.3, -0.25) is 33.6 Å².